The first kappa shape index (κ1) is 17.6. The Bertz CT molecular complexity index is 771. The molecule has 2 aromatic rings. The molecule has 3 rings (SSSR count). The van der Waals surface area contributed by atoms with Crippen LogP contribution in [0.2, 0.25) is 0 Å². The van der Waals surface area contributed by atoms with Crippen LogP contribution in [-0.4, -0.2) is 45.7 Å². The number of aryl methyl sites for hydroxylation is 1. The first-order valence-electron chi connectivity index (χ1n) is 8.68. The lowest BCUT2D eigenvalue weighted by Crippen LogP contribution is -2.50. The lowest BCUT2D eigenvalue weighted by Gasteiger charge is -2.37. The van der Waals surface area contributed by atoms with E-state index in [-0.39, 0.29) is 12.5 Å². The van der Waals surface area contributed by atoms with Crippen LogP contribution < -0.4 is 10.2 Å². The molecule has 1 amide bonds. The molecule has 136 valence electrons. The third-order valence-electron chi connectivity index (χ3n) is 4.85. The normalized spacial score (nSPS) is 17.7. The summed E-state index contributed by atoms with van der Waals surface area (Å²) in [5.74, 6) is 0.736. The fourth-order valence-electron chi connectivity index (χ4n) is 3.12. The van der Waals surface area contributed by atoms with E-state index in [1.165, 1.54) is 0 Å². The van der Waals surface area contributed by atoms with Gasteiger partial charge in [-0.2, -0.15) is 0 Å². The maximum Gasteiger partial charge on any atom is 0.225 e. The van der Waals surface area contributed by atoms with Crippen molar-refractivity contribution in [3.05, 3.63) is 18.6 Å². The number of nitrogens with zero attached hydrogens (tertiary/aromatic N) is 4. The average molecular weight is 347 g/mol. The van der Waals surface area contributed by atoms with Gasteiger partial charge in [0.05, 0.1) is 11.9 Å². The number of halogens is 1. The summed E-state index contributed by atoms with van der Waals surface area (Å²) < 4.78 is 17.0. The number of anilines is 1. The second-order valence-electron chi connectivity index (χ2n) is 7.93. The standard InChI is InChI=1S/C18H26FN5O/c1-17(2,3)16(25)20-11-18(19)6-9-24(10-7-18)15-13-5-8-23(4)14(13)21-12-22-15/h5,8,12H,6-7,9-11H2,1-4H3,(H,20,25). The Morgan fingerprint density at radius 2 is 2.00 bits per heavy atom. The third kappa shape index (κ3) is 3.60. The van der Waals surface area contributed by atoms with Gasteiger partial charge in [-0.05, 0) is 6.07 Å². The number of alkyl halides is 1. The summed E-state index contributed by atoms with van der Waals surface area (Å²) in [6.45, 7) is 6.70. The number of carbonyl (C=O) groups excluding carboxylic acids is 1. The van der Waals surface area contributed by atoms with Crippen LogP contribution in [0.3, 0.4) is 0 Å². The molecule has 0 bridgehead atoms. The second kappa shape index (κ2) is 6.28. The molecule has 0 spiro atoms. The number of hydrogen-bond donors (Lipinski definition) is 1. The number of rotatable bonds is 3. The van der Waals surface area contributed by atoms with Crippen molar-refractivity contribution in [3.63, 3.8) is 0 Å². The van der Waals surface area contributed by atoms with Crippen LogP contribution in [0.1, 0.15) is 33.6 Å². The minimum atomic E-state index is -1.36. The van der Waals surface area contributed by atoms with Gasteiger partial charge in [-0.3, -0.25) is 4.79 Å². The van der Waals surface area contributed by atoms with E-state index < -0.39 is 11.1 Å². The van der Waals surface area contributed by atoms with Gasteiger partial charge in [0.1, 0.15) is 23.5 Å². The fraction of sp³-hybridized carbons (Fsp3) is 0.611. The average Bonchev–Trinajstić information content (AvgIpc) is 2.94. The summed E-state index contributed by atoms with van der Waals surface area (Å²) in [6, 6.07) is 1.99. The summed E-state index contributed by atoms with van der Waals surface area (Å²) in [5.41, 5.74) is -0.989. The first-order chi connectivity index (χ1) is 11.7. The Morgan fingerprint density at radius 1 is 1.32 bits per heavy atom. The SMILES string of the molecule is Cn1ccc2c(N3CCC(F)(CNC(=O)C(C)(C)C)CC3)ncnc21. The Kier molecular flexibility index (Phi) is 4.43. The molecule has 6 nitrogen and oxygen atoms in total. The Hall–Kier alpha value is -2.18. The molecule has 3 heterocycles. The van der Waals surface area contributed by atoms with Gasteiger partial charge in [0.15, 0.2) is 0 Å². The van der Waals surface area contributed by atoms with E-state index in [4.69, 9.17) is 0 Å². The van der Waals surface area contributed by atoms with Gasteiger partial charge < -0.3 is 14.8 Å². The van der Waals surface area contributed by atoms with Crippen molar-refractivity contribution in [2.24, 2.45) is 12.5 Å². The van der Waals surface area contributed by atoms with Gasteiger partial charge in [0, 0.05) is 44.6 Å². The van der Waals surface area contributed by atoms with Crippen LogP contribution in [0, 0.1) is 5.41 Å². The fourth-order valence-corrected chi connectivity index (χ4v) is 3.12. The second-order valence-corrected chi connectivity index (χ2v) is 7.93. The van der Waals surface area contributed by atoms with Crippen LogP contribution >= 0.6 is 0 Å². The first-order valence-corrected chi connectivity index (χ1v) is 8.68. The Balaban J connectivity index is 1.66. The monoisotopic (exact) mass is 347 g/mol. The summed E-state index contributed by atoms with van der Waals surface area (Å²) in [5, 5.41) is 3.74. The minimum Gasteiger partial charge on any atom is -0.356 e. The number of piperidine rings is 1. The Labute approximate surface area is 147 Å². The molecule has 0 saturated carbocycles. The zero-order valence-electron chi connectivity index (χ0n) is 15.3. The zero-order valence-corrected chi connectivity index (χ0v) is 15.3. The van der Waals surface area contributed by atoms with E-state index in [9.17, 15) is 4.79 Å². The third-order valence-corrected chi connectivity index (χ3v) is 4.85. The quantitative estimate of drug-likeness (QED) is 0.926. The van der Waals surface area contributed by atoms with Gasteiger partial charge in [-0.15, -0.1) is 0 Å². The topological polar surface area (TPSA) is 63.0 Å². The molecule has 7 heteroatoms. The molecule has 1 aliphatic heterocycles. The van der Waals surface area contributed by atoms with Crippen LogP contribution in [0.5, 0.6) is 0 Å². The van der Waals surface area contributed by atoms with Gasteiger partial charge >= 0.3 is 0 Å². The van der Waals surface area contributed by atoms with Gasteiger partial charge in [0.2, 0.25) is 5.91 Å². The van der Waals surface area contributed by atoms with Crippen molar-refractivity contribution in [2.75, 3.05) is 24.5 Å². The summed E-state index contributed by atoms with van der Waals surface area (Å²) in [7, 11) is 1.94. The van der Waals surface area contributed by atoms with E-state index in [0.29, 0.717) is 25.9 Å². The highest BCUT2D eigenvalue weighted by molar-refractivity contribution is 5.87. The maximum absolute atomic E-state index is 15.0. The van der Waals surface area contributed by atoms with Crippen molar-refractivity contribution in [1.82, 2.24) is 19.9 Å². The van der Waals surface area contributed by atoms with Crippen LogP contribution in [0.15, 0.2) is 18.6 Å². The maximum atomic E-state index is 15.0. The molecule has 0 aliphatic carbocycles. The number of hydrogen-bond acceptors (Lipinski definition) is 4. The van der Waals surface area contributed by atoms with Crippen LogP contribution in [0.25, 0.3) is 11.0 Å². The molecule has 0 atom stereocenters. The van der Waals surface area contributed by atoms with E-state index in [2.05, 4.69) is 20.2 Å². The summed E-state index contributed by atoms with van der Waals surface area (Å²) >= 11 is 0. The molecular weight excluding hydrogens is 321 g/mol. The molecule has 1 N–H and O–H groups in total. The molecule has 0 radical (unpaired) electrons. The number of fused-ring (bicyclic) bond motifs is 1. The highest BCUT2D eigenvalue weighted by Crippen LogP contribution is 2.31. The number of amides is 1. The number of aromatic nitrogens is 3. The van der Waals surface area contributed by atoms with E-state index in [1.54, 1.807) is 6.33 Å². The zero-order chi connectivity index (χ0) is 18.2. The largest absolute Gasteiger partial charge is 0.356 e. The van der Waals surface area contributed by atoms with Crippen molar-refractivity contribution in [3.8, 4) is 0 Å². The van der Waals surface area contributed by atoms with Crippen molar-refractivity contribution in [2.45, 2.75) is 39.3 Å². The lowest BCUT2D eigenvalue weighted by atomic mass is 9.91. The van der Waals surface area contributed by atoms with Gasteiger partial charge in [-0.1, -0.05) is 20.8 Å². The predicted octanol–water partition coefficient (Wildman–Crippen LogP) is 2.44. The number of carbonyl (C=O) groups is 1. The molecule has 25 heavy (non-hydrogen) atoms. The van der Waals surface area contributed by atoms with E-state index in [1.807, 2.05) is 44.6 Å². The molecule has 1 fully saturated rings. The lowest BCUT2D eigenvalue weighted by molar-refractivity contribution is -0.129. The highest BCUT2D eigenvalue weighted by Gasteiger charge is 2.36. The Morgan fingerprint density at radius 3 is 2.64 bits per heavy atom. The molecule has 1 aliphatic rings. The molecular formula is C18H26FN5O. The predicted molar refractivity (Wildman–Crippen MR) is 96.3 cm³/mol. The van der Waals surface area contributed by atoms with Gasteiger partial charge in [0.25, 0.3) is 0 Å². The van der Waals surface area contributed by atoms with Crippen LogP contribution in [0.4, 0.5) is 10.2 Å². The van der Waals surface area contributed by atoms with E-state index in [0.717, 1.165) is 16.9 Å². The minimum absolute atomic E-state index is 0.0709. The van der Waals surface area contributed by atoms with Crippen molar-refractivity contribution < 1.29 is 9.18 Å². The summed E-state index contributed by atoms with van der Waals surface area (Å²) in [6.07, 6.45) is 4.25. The van der Waals surface area contributed by atoms with Crippen LogP contribution in [-0.2, 0) is 11.8 Å². The highest BCUT2D eigenvalue weighted by atomic mass is 19.1. The van der Waals surface area contributed by atoms with Crippen molar-refractivity contribution >= 4 is 22.8 Å². The number of nitrogens with one attached hydrogen (secondary N) is 1. The smallest absolute Gasteiger partial charge is 0.225 e. The molecule has 0 unspecified atom stereocenters. The summed E-state index contributed by atoms with van der Waals surface area (Å²) in [4.78, 5) is 22.8. The van der Waals surface area contributed by atoms with Crippen molar-refractivity contribution in [1.29, 1.82) is 0 Å². The van der Waals surface area contributed by atoms with Gasteiger partial charge in [-0.25, -0.2) is 14.4 Å². The molecule has 0 aromatic carbocycles. The molecule has 1 saturated heterocycles. The molecule has 2 aromatic heterocycles. The van der Waals surface area contributed by atoms with E-state index >= 15 is 4.39 Å².